The molecular weight excluding hydrogens is 216 g/mol. The second kappa shape index (κ2) is 4.40. The third-order valence-electron chi connectivity index (χ3n) is 1.73. The number of pyridine rings is 1. The molecule has 0 amide bonds. The molecule has 0 aliphatic rings. The number of hydrogen-bond donors (Lipinski definition) is 0. The van der Waals surface area contributed by atoms with Gasteiger partial charge in [-0.3, -0.25) is 0 Å². The van der Waals surface area contributed by atoms with Crippen molar-refractivity contribution in [3.05, 3.63) is 54.4 Å². The fourth-order valence-electron chi connectivity index (χ4n) is 1.11. The van der Waals surface area contributed by atoms with Crippen molar-refractivity contribution in [3.63, 3.8) is 0 Å². The van der Waals surface area contributed by atoms with E-state index in [-0.39, 0.29) is 5.82 Å². The fraction of sp³-hybridized carbons (Fsp3) is 0. The molecule has 2 aromatic rings. The quantitative estimate of drug-likeness (QED) is 0.722. The molecule has 4 heteroatoms. The van der Waals surface area contributed by atoms with Crippen molar-refractivity contribution in [2.24, 2.45) is 0 Å². The minimum Gasteiger partial charge on any atom is -0.228 e. The van der Waals surface area contributed by atoms with E-state index in [1.807, 2.05) is 0 Å². The molecule has 0 bridgehead atoms. The van der Waals surface area contributed by atoms with Gasteiger partial charge in [-0.05, 0) is 24.3 Å². The Balaban J connectivity index is 2.22. The maximum absolute atomic E-state index is 12.8. The minimum absolute atomic E-state index is 0.297. The van der Waals surface area contributed by atoms with E-state index in [1.165, 1.54) is 36.2 Å². The normalized spacial score (nSPS) is 10.3. The van der Waals surface area contributed by atoms with E-state index in [0.29, 0.717) is 4.90 Å². The Hall–Kier alpha value is -1.42. The first-order valence-corrected chi connectivity index (χ1v) is 5.11. The highest BCUT2D eigenvalue weighted by atomic mass is 32.2. The largest absolute Gasteiger partial charge is 0.228 e. The highest BCUT2D eigenvalue weighted by Gasteiger charge is 2.00. The first-order valence-electron chi connectivity index (χ1n) is 4.29. The number of rotatable bonds is 2. The molecule has 0 saturated heterocycles. The molecule has 1 aromatic carbocycles. The van der Waals surface area contributed by atoms with E-state index in [9.17, 15) is 8.78 Å². The molecular formula is C11H7F2NS. The SMILES string of the molecule is Fc1cccc(Sc2ccnc(F)c2)c1. The van der Waals surface area contributed by atoms with Gasteiger partial charge in [0.25, 0.3) is 0 Å². The topological polar surface area (TPSA) is 12.9 Å². The van der Waals surface area contributed by atoms with Crippen LogP contribution in [0.5, 0.6) is 0 Å². The van der Waals surface area contributed by atoms with Gasteiger partial charge in [0, 0.05) is 22.1 Å². The molecule has 0 spiro atoms. The van der Waals surface area contributed by atoms with Crippen molar-refractivity contribution in [2.45, 2.75) is 9.79 Å². The molecule has 0 N–H and O–H groups in total. The standard InChI is InChI=1S/C11H7F2NS/c12-8-2-1-3-9(6-8)15-10-4-5-14-11(13)7-10/h1-7H. The molecule has 2 rings (SSSR count). The molecule has 0 unspecified atom stereocenters. The lowest BCUT2D eigenvalue weighted by molar-refractivity contribution is 0.579. The lowest BCUT2D eigenvalue weighted by atomic mass is 10.4. The summed E-state index contributed by atoms with van der Waals surface area (Å²) in [7, 11) is 0. The summed E-state index contributed by atoms with van der Waals surface area (Å²) in [6, 6.07) is 9.16. The average Bonchev–Trinajstić information content (AvgIpc) is 2.17. The van der Waals surface area contributed by atoms with Crippen LogP contribution in [0.3, 0.4) is 0 Å². The molecule has 0 radical (unpaired) electrons. The number of benzene rings is 1. The summed E-state index contributed by atoms with van der Waals surface area (Å²) in [6.45, 7) is 0. The van der Waals surface area contributed by atoms with Crippen LogP contribution in [0.25, 0.3) is 0 Å². The predicted molar refractivity (Wildman–Crippen MR) is 54.7 cm³/mol. The fourth-order valence-corrected chi connectivity index (χ4v) is 1.99. The summed E-state index contributed by atoms with van der Waals surface area (Å²) >= 11 is 1.30. The van der Waals surface area contributed by atoms with Crippen LogP contribution in [-0.4, -0.2) is 4.98 Å². The minimum atomic E-state index is -0.531. The van der Waals surface area contributed by atoms with Crippen molar-refractivity contribution < 1.29 is 8.78 Å². The molecule has 0 atom stereocenters. The van der Waals surface area contributed by atoms with Gasteiger partial charge in [-0.25, -0.2) is 9.37 Å². The van der Waals surface area contributed by atoms with Crippen LogP contribution in [0.1, 0.15) is 0 Å². The number of halogens is 2. The lowest BCUT2D eigenvalue weighted by Gasteiger charge is -2.00. The summed E-state index contributed by atoms with van der Waals surface area (Å²) in [5.74, 6) is -0.828. The Morgan fingerprint density at radius 2 is 1.80 bits per heavy atom. The molecule has 15 heavy (non-hydrogen) atoms. The summed E-state index contributed by atoms with van der Waals surface area (Å²) in [4.78, 5) is 4.88. The lowest BCUT2D eigenvalue weighted by Crippen LogP contribution is -1.81. The van der Waals surface area contributed by atoms with Gasteiger partial charge in [0.1, 0.15) is 5.82 Å². The van der Waals surface area contributed by atoms with E-state index in [4.69, 9.17) is 0 Å². The first kappa shape index (κ1) is 10.1. The van der Waals surface area contributed by atoms with Crippen LogP contribution in [0, 0.1) is 11.8 Å². The monoisotopic (exact) mass is 223 g/mol. The van der Waals surface area contributed by atoms with Crippen molar-refractivity contribution >= 4 is 11.8 Å². The average molecular weight is 223 g/mol. The summed E-state index contributed by atoms with van der Waals surface area (Å²) in [6.07, 6.45) is 1.39. The van der Waals surface area contributed by atoms with Crippen LogP contribution in [0.15, 0.2) is 52.4 Å². The van der Waals surface area contributed by atoms with Crippen molar-refractivity contribution in [1.82, 2.24) is 4.98 Å². The number of aromatic nitrogens is 1. The molecule has 0 aliphatic carbocycles. The van der Waals surface area contributed by atoms with Crippen LogP contribution < -0.4 is 0 Å². The second-order valence-corrected chi connectivity index (χ2v) is 4.02. The third kappa shape index (κ3) is 2.76. The molecule has 0 saturated carbocycles. The molecule has 0 aliphatic heterocycles. The second-order valence-electron chi connectivity index (χ2n) is 2.87. The van der Waals surface area contributed by atoms with E-state index < -0.39 is 5.95 Å². The maximum Gasteiger partial charge on any atom is 0.213 e. The molecule has 0 fully saturated rings. The number of nitrogens with zero attached hydrogens (tertiary/aromatic N) is 1. The maximum atomic E-state index is 12.8. The van der Waals surface area contributed by atoms with Gasteiger partial charge in [-0.1, -0.05) is 17.8 Å². The highest BCUT2D eigenvalue weighted by Crippen LogP contribution is 2.27. The zero-order chi connectivity index (χ0) is 10.7. The van der Waals surface area contributed by atoms with Crippen LogP contribution in [-0.2, 0) is 0 Å². The number of hydrogen-bond acceptors (Lipinski definition) is 2. The van der Waals surface area contributed by atoms with Gasteiger partial charge in [-0.15, -0.1) is 0 Å². The van der Waals surface area contributed by atoms with E-state index in [0.717, 1.165) is 4.90 Å². The smallest absolute Gasteiger partial charge is 0.213 e. The predicted octanol–water partition coefficient (Wildman–Crippen LogP) is 3.51. The van der Waals surface area contributed by atoms with Gasteiger partial charge < -0.3 is 0 Å². The van der Waals surface area contributed by atoms with Crippen LogP contribution >= 0.6 is 11.8 Å². The summed E-state index contributed by atoms with van der Waals surface area (Å²) in [5.41, 5.74) is 0. The summed E-state index contributed by atoms with van der Waals surface area (Å²) in [5, 5.41) is 0. The van der Waals surface area contributed by atoms with E-state index in [1.54, 1.807) is 18.2 Å². The van der Waals surface area contributed by atoms with Gasteiger partial charge in [0.2, 0.25) is 5.95 Å². The molecule has 1 nitrogen and oxygen atoms in total. The van der Waals surface area contributed by atoms with Crippen molar-refractivity contribution in [3.8, 4) is 0 Å². The first-order chi connectivity index (χ1) is 7.24. The van der Waals surface area contributed by atoms with Gasteiger partial charge >= 0.3 is 0 Å². The Kier molecular flexibility index (Phi) is 2.97. The van der Waals surface area contributed by atoms with Crippen molar-refractivity contribution in [2.75, 3.05) is 0 Å². The van der Waals surface area contributed by atoms with Crippen LogP contribution in [0.4, 0.5) is 8.78 Å². The Morgan fingerprint density at radius 1 is 1.00 bits per heavy atom. The molecule has 1 aromatic heterocycles. The van der Waals surface area contributed by atoms with Gasteiger partial charge in [0.05, 0.1) is 0 Å². The Bertz CT molecular complexity index is 430. The Morgan fingerprint density at radius 3 is 2.53 bits per heavy atom. The molecule has 1 heterocycles. The zero-order valence-electron chi connectivity index (χ0n) is 7.65. The Labute approximate surface area is 90.2 Å². The highest BCUT2D eigenvalue weighted by molar-refractivity contribution is 7.99. The van der Waals surface area contributed by atoms with Crippen LogP contribution in [0.2, 0.25) is 0 Å². The van der Waals surface area contributed by atoms with E-state index >= 15 is 0 Å². The van der Waals surface area contributed by atoms with Gasteiger partial charge in [-0.2, -0.15) is 4.39 Å². The van der Waals surface area contributed by atoms with Crippen molar-refractivity contribution in [1.29, 1.82) is 0 Å². The summed E-state index contributed by atoms with van der Waals surface area (Å²) < 4.78 is 25.6. The molecule has 76 valence electrons. The zero-order valence-corrected chi connectivity index (χ0v) is 8.47. The van der Waals surface area contributed by atoms with E-state index in [2.05, 4.69) is 4.98 Å². The van der Waals surface area contributed by atoms with Gasteiger partial charge in [0.15, 0.2) is 0 Å². The third-order valence-corrected chi connectivity index (χ3v) is 2.71.